The molecule has 2 unspecified atom stereocenters. The van der Waals surface area contributed by atoms with Gasteiger partial charge in [0.25, 0.3) is 5.91 Å². The molecule has 2 rings (SSSR count). The monoisotopic (exact) mass is 285 g/mol. The lowest BCUT2D eigenvalue weighted by Crippen LogP contribution is -2.38. The lowest BCUT2D eigenvalue weighted by atomic mass is 9.96. The van der Waals surface area contributed by atoms with Crippen molar-refractivity contribution in [2.45, 2.75) is 45.1 Å². The molecule has 1 amide bonds. The van der Waals surface area contributed by atoms with Crippen molar-refractivity contribution in [1.29, 1.82) is 0 Å². The maximum atomic E-state index is 12.4. The van der Waals surface area contributed by atoms with Gasteiger partial charge in [-0.3, -0.25) is 9.78 Å². The van der Waals surface area contributed by atoms with Gasteiger partial charge in [0.2, 0.25) is 0 Å². The second-order valence-electron chi connectivity index (χ2n) is 5.66. The molecular weight excluding hydrogens is 262 g/mol. The van der Waals surface area contributed by atoms with Crippen LogP contribution in [-0.4, -0.2) is 23.5 Å². The maximum absolute atomic E-state index is 12.4. The molecule has 1 heterocycles. The third kappa shape index (κ3) is 4.57. The molecule has 1 fully saturated rings. The van der Waals surface area contributed by atoms with Gasteiger partial charge < -0.3 is 11.1 Å². The molecular formula is C17H23N3O. The van der Waals surface area contributed by atoms with E-state index in [1.54, 1.807) is 18.5 Å². The van der Waals surface area contributed by atoms with E-state index in [0.717, 1.165) is 12.0 Å². The molecule has 0 aliphatic heterocycles. The first-order valence-electron chi connectivity index (χ1n) is 7.65. The van der Waals surface area contributed by atoms with Gasteiger partial charge in [0.15, 0.2) is 0 Å². The molecule has 3 N–H and O–H groups in total. The molecule has 112 valence electrons. The van der Waals surface area contributed by atoms with E-state index in [-0.39, 0.29) is 11.9 Å². The Labute approximate surface area is 126 Å². The lowest BCUT2D eigenvalue weighted by Gasteiger charge is -2.22. The van der Waals surface area contributed by atoms with Crippen molar-refractivity contribution in [3.8, 4) is 11.8 Å². The van der Waals surface area contributed by atoms with E-state index in [9.17, 15) is 4.79 Å². The van der Waals surface area contributed by atoms with E-state index in [1.807, 2.05) is 0 Å². The van der Waals surface area contributed by atoms with E-state index < -0.39 is 0 Å². The van der Waals surface area contributed by atoms with Crippen LogP contribution in [0.25, 0.3) is 0 Å². The number of pyridine rings is 1. The summed E-state index contributed by atoms with van der Waals surface area (Å²) in [4.78, 5) is 16.5. The Bertz CT molecular complexity index is 544. The average Bonchev–Trinajstić information content (AvgIpc) is 2.70. The van der Waals surface area contributed by atoms with Gasteiger partial charge in [-0.05, 0) is 24.8 Å². The molecule has 1 saturated carbocycles. The number of aromatic nitrogens is 1. The van der Waals surface area contributed by atoms with Crippen molar-refractivity contribution in [1.82, 2.24) is 10.3 Å². The Hall–Kier alpha value is -1.86. The number of hydrogen-bond acceptors (Lipinski definition) is 3. The van der Waals surface area contributed by atoms with Crippen molar-refractivity contribution in [2.24, 2.45) is 11.7 Å². The molecule has 0 saturated heterocycles. The maximum Gasteiger partial charge on any atom is 0.253 e. The normalized spacial score (nSPS) is 21.8. The van der Waals surface area contributed by atoms with Gasteiger partial charge in [-0.1, -0.05) is 38.0 Å². The van der Waals surface area contributed by atoms with Crippen LogP contribution in [0.4, 0.5) is 0 Å². The summed E-state index contributed by atoms with van der Waals surface area (Å²) in [7, 11) is 0. The molecule has 0 aromatic carbocycles. The van der Waals surface area contributed by atoms with Gasteiger partial charge in [0.05, 0.1) is 12.1 Å². The molecule has 1 aliphatic carbocycles. The summed E-state index contributed by atoms with van der Waals surface area (Å²) in [5, 5.41) is 3.16. The molecule has 4 heteroatoms. The summed E-state index contributed by atoms with van der Waals surface area (Å²) in [6.45, 7) is 2.52. The molecule has 21 heavy (non-hydrogen) atoms. The van der Waals surface area contributed by atoms with E-state index in [0.29, 0.717) is 18.0 Å². The molecule has 0 bridgehead atoms. The van der Waals surface area contributed by atoms with Crippen molar-refractivity contribution in [3.63, 3.8) is 0 Å². The zero-order valence-electron chi connectivity index (χ0n) is 12.6. The van der Waals surface area contributed by atoms with Crippen LogP contribution in [0.15, 0.2) is 18.5 Å². The minimum absolute atomic E-state index is 0.0577. The van der Waals surface area contributed by atoms with Crippen LogP contribution >= 0.6 is 0 Å². The molecule has 0 radical (unpaired) electrons. The summed E-state index contributed by atoms with van der Waals surface area (Å²) in [6.07, 6.45) is 9.20. The van der Waals surface area contributed by atoms with Gasteiger partial charge in [-0.15, -0.1) is 0 Å². The summed E-state index contributed by atoms with van der Waals surface area (Å²) >= 11 is 0. The summed E-state index contributed by atoms with van der Waals surface area (Å²) in [5.41, 5.74) is 6.64. The van der Waals surface area contributed by atoms with Gasteiger partial charge in [0.1, 0.15) is 0 Å². The number of amides is 1. The zero-order valence-corrected chi connectivity index (χ0v) is 12.6. The largest absolute Gasteiger partial charge is 0.349 e. The van der Waals surface area contributed by atoms with E-state index >= 15 is 0 Å². The van der Waals surface area contributed by atoms with Crippen LogP contribution in [0.2, 0.25) is 0 Å². The van der Waals surface area contributed by atoms with E-state index in [4.69, 9.17) is 5.73 Å². The predicted octanol–water partition coefficient (Wildman–Crippen LogP) is 2.09. The number of hydrogen-bond donors (Lipinski definition) is 2. The number of carbonyl (C=O) groups is 1. The van der Waals surface area contributed by atoms with Crippen molar-refractivity contribution < 1.29 is 4.79 Å². The SMILES string of the molecule is CC1CCCCCC1NC(=O)c1cncc(C#CCN)c1. The van der Waals surface area contributed by atoms with Crippen LogP contribution in [-0.2, 0) is 0 Å². The van der Waals surface area contributed by atoms with Gasteiger partial charge in [-0.25, -0.2) is 0 Å². The number of nitrogens with zero attached hydrogens (tertiary/aromatic N) is 1. The summed E-state index contributed by atoms with van der Waals surface area (Å²) < 4.78 is 0. The fourth-order valence-electron chi connectivity index (χ4n) is 2.74. The van der Waals surface area contributed by atoms with E-state index in [2.05, 4.69) is 29.1 Å². The topological polar surface area (TPSA) is 68.0 Å². The Morgan fingerprint density at radius 1 is 1.38 bits per heavy atom. The Balaban J connectivity index is 2.05. The summed E-state index contributed by atoms with van der Waals surface area (Å²) in [6, 6.07) is 2.03. The highest BCUT2D eigenvalue weighted by atomic mass is 16.1. The summed E-state index contributed by atoms with van der Waals surface area (Å²) in [5.74, 6) is 6.15. The molecule has 1 aromatic rings. The van der Waals surface area contributed by atoms with E-state index in [1.165, 1.54) is 25.7 Å². The van der Waals surface area contributed by atoms with Gasteiger partial charge in [0, 0.05) is 24.0 Å². The lowest BCUT2D eigenvalue weighted by molar-refractivity contribution is 0.0921. The van der Waals surface area contributed by atoms with Crippen LogP contribution in [0.5, 0.6) is 0 Å². The molecule has 2 atom stereocenters. The van der Waals surface area contributed by atoms with Crippen LogP contribution in [0.1, 0.15) is 54.9 Å². The van der Waals surface area contributed by atoms with Crippen LogP contribution in [0, 0.1) is 17.8 Å². The highest BCUT2D eigenvalue weighted by Crippen LogP contribution is 2.23. The fourth-order valence-corrected chi connectivity index (χ4v) is 2.74. The first-order chi connectivity index (χ1) is 10.2. The second-order valence-corrected chi connectivity index (χ2v) is 5.66. The number of nitrogens with one attached hydrogen (secondary N) is 1. The van der Waals surface area contributed by atoms with Crippen molar-refractivity contribution >= 4 is 5.91 Å². The Kier molecular flexibility index (Phi) is 5.77. The first kappa shape index (κ1) is 15.5. The highest BCUT2D eigenvalue weighted by Gasteiger charge is 2.22. The predicted molar refractivity (Wildman–Crippen MR) is 83.7 cm³/mol. The smallest absolute Gasteiger partial charge is 0.253 e. The zero-order chi connectivity index (χ0) is 15.1. The van der Waals surface area contributed by atoms with Crippen molar-refractivity contribution in [3.05, 3.63) is 29.6 Å². The van der Waals surface area contributed by atoms with Crippen LogP contribution < -0.4 is 11.1 Å². The molecule has 1 aliphatic rings. The standard InChI is InChI=1S/C17H23N3O/c1-13-6-3-2-4-8-16(13)20-17(21)15-10-14(7-5-9-18)11-19-12-15/h10-13,16H,2-4,6,8-9,18H2,1H3,(H,20,21). The Morgan fingerprint density at radius 2 is 2.19 bits per heavy atom. The molecule has 4 nitrogen and oxygen atoms in total. The van der Waals surface area contributed by atoms with Crippen molar-refractivity contribution in [2.75, 3.05) is 6.54 Å². The minimum Gasteiger partial charge on any atom is -0.349 e. The van der Waals surface area contributed by atoms with Gasteiger partial charge >= 0.3 is 0 Å². The molecule has 1 aromatic heterocycles. The van der Waals surface area contributed by atoms with Crippen LogP contribution in [0.3, 0.4) is 0 Å². The molecule has 0 spiro atoms. The fraction of sp³-hybridized carbons (Fsp3) is 0.529. The average molecular weight is 285 g/mol. The Morgan fingerprint density at radius 3 is 3.00 bits per heavy atom. The number of nitrogens with two attached hydrogens (primary N) is 1. The third-order valence-corrected chi connectivity index (χ3v) is 4.01. The van der Waals surface area contributed by atoms with Gasteiger partial charge in [-0.2, -0.15) is 0 Å². The first-order valence-corrected chi connectivity index (χ1v) is 7.65. The minimum atomic E-state index is -0.0577. The third-order valence-electron chi connectivity index (χ3n) is 4.01. The quantitative estimate of drug-likeness (QED) is 0.646. The number of carbonyl (C=O) groups excluding carboxylic acids is 1. The second kappa shape index (κ2) is 7.80. The highest BCUT2D eigenvalue weighted by molar-refractivity contribution is 5.94. The number of rotatable bonds is 2.